The van der Waals surface area contributed by atoms with Gasteiger partial charge in [0.05, 0.1) is 6.61 Å². The lowest BCUT2D eigenvalue weighted by Gasteiger charge is -2.22. The summed E-state index contributed by atoms with van der Waals surface area (Å²) >= 11 is 0. The van der Waals surface area contributed by atoms with Crippen molar-refractivity contribution in [3.05, 3.63) is 59.7 Å². The molecule has 0 aliphatic rings. The first-order valence-electron chi connectivity index (χ1n) is 8.06. The molecule has 0 saturated carbocycles. The van der Waals surface area contributed by atoms with Crippen LogP contribution in [0.1, 0.15) is 25.0 Å². The van der Waals surface area contributed by atoms with Crippen molar-refractivity contribution in [1.29, 1.82) is 0 Å². The lowest BCUT2D eigenvalue weighted by atomic mass is 10.0. The molecule has 7 nitrogen and oxygen atoms in total. The van der Waals surface area contributed by atoms with Gasteiger partial charge >= 0.3 is 12.2 Å². The van der Waals surface area contributed by atoms with Crippen LogP contribution in [0.5, 0.6) is 0 Å². The van der Waals surface area contributed by atoms with Gasteiger partial charge in [0.15, 0.2) is 0 Å². The summed E-state index contributed by atoms with van der Waals surface area (Å²) in [6.07, 6.45) is -1.05. The number of carboxylic acid groups (broad SMARTS) is 1. The van der Waals surface area contributed by atoms with Crippen LogP contribution in [0.15, 0.2) is 48.5 Å². The van der Waals surface area contributed by atoms with E-state index < -0.39 is 17.8 Å². The Morgan fingerprint density at radius 3 is 1.81 bits per heavy atom. The van der Waals surface area contributed by atoms with E-state index in [4.69, 9.17) is 14.9 Å². The lowest BCUT2D eigenvalue weighted by Crippen LogP contribution is -2.34. The van der Waals surface area contributed by atoms with E-state index in [0.717, 1.165) is 11.1 Å². The number of amides is 2. The SMILES string of the molecule is CC(C)(CO)OC(=O)Nc1ccc(Cc2ccc(NC(=O)O)cc2)cc1. The predicted molar refractivity (Wildman–Crippen MR) is 98.6 cm³/mol. The minimum Gasteiger partial charge on any atom is -0.465 e. The summed E-state index contributed by atoms with van der Waals surface area (Å²) in [4.78, 5) is 22.4. The number of nitrogens with one attached hydrogen (secondary N) is 2. The number of rotatable bonds is 6. The normalized spacial score (nSPS) is 10.9. The Kier molecular flexibility index (Phi) is 6.19. The van der Waals surface area contributed by atoms with Crippen LogP contribution < -0.4 is 10.6 Å². The molecule has 0 unspecified atom stereocenters. The quantitative estimate of drug-likeness (QED) is 0.630. The molecular weight excluding hydrogens is 336 g/mol. The largest absolute Gasteiger partial charge is 0.465 e. The van der Waals surface area contributed by atoms with E-state index in [9.17, 15) is 9.59 Å². The number of carbonyl (C=O) groups is 2. The molecule has 0 aliphatic heterocycles. The van der Waals surface area contributed by atoms with E-state index in [1.54, 1.807) is 38.1 Å². The van der Waals surface area contributed by atoms with Crippen LogP contribution in [0.2, 0.25) is 0 Å². The average molecular weight is 358 g/mol. The highest BCUT2D eigenvalue weighted by atomic mass is 16.6. The van der Waals surface area contributed by atoms with Crippen molar-refractivity contribution < 1.29 is 24.5 Å². The number of hydrogen-bond donors (Lipinski definition) is 4. The van der Waals surface area contributed by atoms with Gasteiger partial charge in [-0.05, 0) is 55.7 Å². The van der Waals surface area contributed by atoms with Crippen LogP contribution in [0, 0.1) is 0 Å². The fraction of sp³-hybridized carbons (Fsp3) is 0.263. The summed E-state index contributed by atoms with van der Waals surface area (Å²) in [7, 11) is 0. The van der Waals surface area contributed by atoms with Gasteiger partial charge in [-0.3, -0.25) is 10.6 Å². The third-order valence-corrected chi connectivity index (χ3v) is 3.56. The van der Waals surface area contributed by atoms with Crippen molar-refractivity contribution in [2.75, 3.05) is 17.2 Å². The maximum atomic E-state index is 11.8. The predicted octanol–water partition coefficient (Wildman–Crippen LogP) is 3.69. The van der Waals surface area contributed by atoms with Gasteiger partial charge in [0, 0.05) is 11.4 Å². The van der Waals surface area contributed by atoms with Crippen LogP contribution in [-0.4, -0.2) is 34.6 Å². The average Bonchev–Trinajstić information content (AvgIpc) is 2.57. The monoisotopic (exact) mass is 358 g/mol. The van der Waals surface area contributed by atoms with Crippen LogP contribution in [0.25, 0.3) is 0 Å². The summed E-state index contributed by atoms with van der Waals surface area (Å²) in [5.41, 5.74) is 2.24. The van der Waals surface area contributed by atoms with Crippen LogP contribution >= 0.6 is 0 Å². The molecule has 2 aromatic rings. The van der Waals surface area contributed by atoms with Crippen LogP contribution in [-0.2, 0) is 11.2 Å². The third kappa shape index (κ3) is 6.10. The van der Waals surface area contributed by atoms with Gasteiger partial charge in [-0.15, -0.1) is 0 Å². The van der Waals surface area contributed by atoms with Crippen LogP contribution in [0.4, 0.5) is 21.0 Å². The second-order valence-electron chi connectivity index (χ2n) is 6.43. The van der Waals surface area contributed by atoms with Crippen molar-refractivity contribution in [3.63, 3.8) is 0 Å². The number of hydrogen-bond acceptors (Lipinski definition) is 4. The Morgan fingerprint density at radius 2 is 1.38 bits per heavy atom. The molecule has 0 bridgehead atoms. The summed E-state index contributed by atoms with van der Waals surface area (Å²) < 4.78 is 5.11. The highest BCUT2D eigenvalue weighted by Crippen LogP contribution is 2.17. The van der Waals surface area contributed by atoms with Crippen molar-refractivity contribution in [3.8, 4) is 0 Å². The Balaban J connectivity index is 1.93. The summed E-state index contributed by atoms with van der Waals surface area (Å²) in [6.45, 7) is 2.97. The van der Waals surface area contributed by atoms with Gasteiger partial charge in [0.1, 0.15) is 5.60 Å². The molecule has 4 N–H and O–H groups in total. The van der Waals surface area contributed by atoms with E-state index in [-0.39, 0.29) is 6.61 Å². The molecule has 2 rings (SSSR count). The van der Waals surface area contributed by atoms with Gasteiger partial charge in [-0.25, -0.2) is 9.59 Å². The zero-order valence-electron chi connectivity index (χ0n) is 14.7. The molecule has 0 atom stereocenters. The maximum absolute atomic E-state index is 11.8. The van der Waals surface area contributed by atoms with Gasteiger partial charge in [0.25, 0.3) is 0 Å². The van der Waals surface area contributed by atoms with Crippen molar-refractivity contribution >= 4 is 23.6 Å². The number of benzene rings is 2. The fourth-order valence-corrected chi connectivity index (χ4v) is 2.20. The maximum Gasteiger partial charge on any atom is 0.412 e. The highest BCUT2D eigenvalue weighted by molar-refractivity contribution is 5.85. The van der Waals surface area contributed by atoms with E-state index in [2.05, 4.69) is 10.6 Å². The minimum absolute atomic E-state index is 0.264. The zero-order valence-corrected chi connectivity index (χ0v) is 14.7. The van der Waals surface area contributed by atoms with E-state index >= 15 is 0 Å². The number of aliphatic hydroxyl groups excluding tert-OH is 1. The molecule has 2 amide bonds. The Labute approximate surface area is 151 Å². The topological polar surface area (TPSA) is 108 Å². The van der Waals surface area contributed by atoms with Crippen molar-refractivity contribution in [2.24, 2.45) is 0 Å². The highest BCUT2D eigenvalue weighted by Gasteiger charge is 2.21. The molecule has 0 saturated heterocycles. The van der Waals surface area contributed by atoms with Gasteiger partial charge < -0.3 is 14.9 Å². The minimum atomic E-state index is -1.10. The molecular formula is C19H22N2O5. The van der Waals surface area contributed by atoms with Crippen molar-refractivity contribution in [1.82, 2.24) is 0 Å². The number of anilines is 2. The molecule has 26 heavy (non-hydrogen) atoms. The molecule has 7 heteroatoms. The molecule has 0 aromatic heterocycles. The second kappa shape index (κ2) is 8.35. The van der Waals surface area contributed by atoms with Crippen molar-refractivity contribution in [2.45, 2.75) is 25.9 Å². The first-order chi connectivity index (χ1) is 12.3. The first kappa shape index (κ1) is 19.3. The summed E-state index contributed by atoms with van der Waals surface area (Å²) in [5.74, 6) is 0. The second-order valence-corrected chi connectivity index (χ2v) is 6.43. The van der Waals surface area contributed by atoms with Crippen LogP contribution in [0.3, 0.4) is 0 Å². The first-order valence-corrected chi connectivity index (χ1v) is 8.06. The van der Waals surface area contributed by atoms with Gasteiger partial charge in [0.2, 0.25) is 0 Å². The standard InChI is InChI=1S/C19H22N2O5/c1-19(2,12-22)26-18(25)21-16-9-5-14(6-10-16)11-13-3-7-15(8-4-13)20-17(23)24/h3-10,20,22H,11-12H2,1-2H3,(H,21,25)(H,23,24). The van der Waals surface area contributed by atoms with E-state index in [0.29, 0.717) is 17.8 Å². The zero-order chi connectivity index (χ0) is 19.2. The summed E-state index contributed by atoms with van der Waals surface area (Å²) in [6, 6.07) is 14.4. The molecule has 0 radical (unpaired) electrons. The summed E-state index contributed by atoms with van der Waals surface area (Å²) in [5, 5.41) is 22.7. The Hall–Kier alpha value is -3.06. The Morgan fingerprint density at radius 1 is 0.923 bits per heavy atom. The van der Waals surface area contributed by atoms with E-state index in [1.807, 2.05) is 24.3 Å². The van der Waals surface area contributed by atoms with Gasteiger partial charge in [-0.1, -0.05) is 24.3 Å². The molecule has 2 aromatic carbocycles. The smallest absolute Gasteiger partial charge is 0.412 e. The third-order valence-electron chi connectivity index (χ3n) is 3.56. The lowest BCUT2D eigenvalue weighted by molar-refractivity contribution is 0.00361. The Bertz CT molecular complexity index is 755. The molecule has 0 aliphatic carbocycles. The molecule has 0 heterocycles. The number of ether oxygens (including phenoxy) is 1. The molecule has 138 valence electrons. The number of carbonyl (C=O) groups excluding carboxylic acids is 1. The molecule has 0 spiro atoms. The fourth-order valence-electron chi connectivity index (χ4n) is 2.20. The number of aliphatic hydroxyl groups is 1. The van der Waals surface area contributed by atoms with Gasteiger partial charge in [-0.2, -0.15) is 0 Å². The van der Waals surface area contributed by atoms with E-state index in [1.165, 1.54) is 0 Å². The molecule has 0 fully saturated rings.